The van der Waals surface area contributed by atoms with E-state index >= 15 is 0 Å². The molecule has 0 aliphatic carbocycles. The third-order valence-electron chi connectivity index (χ3n) is 6.19. The van der Waals surface area contributed by atoms with Gasteiger partial charge in [-0.2, -0.15) is 4.31 Å². The van der Waals surface area contributed by atoms with E-state index < -0.39 is 10.0 Å². The molecule has 1 aliphatic rings. The Morgan fingerprint density at radius 3 is 1.89 bits per heavy atom. The Morgan fingerprint density at radius 1 is 0.861 bits per heavy atom. The molecule has 1 heterocycles. The molecule has 36 heavy (non-hydrogen) atoms. The van der Waals surface area contributed by atoms with Gasteiger partial charge >= 0.3 is 0 Å². The molecule has 0 aromatic heterocycles. The quantitative estimate of drug-likeness (QED) is 0.457. The molecule has 0 spiro atoms. The minimum atomic E-state index is -3.63. The zero-order valence-electron chi connectivity index (χ0n) is 20.1. The molecule has 188 valence electrons. The second kappa shape index (κ2) is 11.7. The summed E-state index contributed by atoms with van der Waals surface area (Å²) in [6.07, 6.45) is 0.323. The first kappa shape index (κ1) is 26.0. The van der Waals surface area contributed by atoms with E-state index in [2.05, 4.69) is 39.8 Å². The lowest BCUT2D eigenvalue weighted by atomic mass is 9.96. The Hall–Kier alpha value is -3.11. The summed E-state index contributed by atoms with van der Waals surface area (Å²) in [5, 5.41) is 5.64. The van der Waals surface area contributed by atoms with Gasteiger partial charge in [0.1, 0.15) is 0 Å². The van der Waals surface area contributed by atoms with Crippen LogP contribution in [0, 0.1) is 0 Å². The molecule has 7 nitrogen and oxygen atoms in total. The highest BCUT2D eigenvalue weighted by molar-refractivity contribution is 7.89. The van der Waals surface area contributed by atoms with Crippen molar-refractivity contribution in [2.45, 2.75) is 24.3 Å². The predicted molar refractivity (Wildman–Crippen MR) is 146 cm³/mol. The lowest BCUT2D eigenvalue weighted by Gasteiger charge is -2.39. The van der Waals surface area contributed by atoms with Gasteiger partial charge in [-0.05, 0) is 47.6 Å². The lowest BCUT2D eigenvalue weighted by Crippen LogP contribution is -2.49. The van der Waals surface area contributed by atoms with Gasteiger partial charge in [0.05, 0.1) is 10.9 Å². The average Bonchev–Trinajstić information content (AvgIpc) is 2.90. The van der Waals surface area contributed by atoms with Crippen LogP contribution < -0.4 is 10.6 Å². The Kier molecular flexibility index (Phi) is 8.48. The molecule has 3 aromatic carbocycles. The fourth-order valence-corrected chi connectivity index (χ4v) is 5.98. The normalized spacial score (nSPS) is 14.9. The van der Waals surface area contributed by atoms with Crippen LogP contribution in [-0.4, -0.2) is 54.8 Å². The summed E-state index contributed by atoms with van der Waals surface area (Å²) in [5.41, 5.74) is 2.99. The van der Waals surface area contributed by atoms with E-state index in [1.54, 1.807) is 35.5 Å². The van der Waals surface area contributed by atoms with Gasteiger partial charge in [-0.3, -0.25) is 9.69 Å². The monoisotopic (exact) mass is 522 g/mol. The van der Waals surface area contributed by atoms with Gasteiger partial charge in [0.15, 0.2) is 5.11 Å². The van der Waals surface area contributed by atoms with Crippen LogP contribution in [0.2, 0.25) is 0 Å². The van der Waals surface area contributed by atoms with E-state index in [0.29, 0.717) is 38.3 Å². The highest BCUT2D eigenvalue weighted by Gasteiger charge is 2.32. The number of benzene rings is 3. The van der Waals surface area contributed by atoms with Crippen LogP contribution in [0.25, 0.3) is 0 Å². The number of anilines is 1. The number of nitrogens with zero attached hydrogens (tertiary/aromatic N) is 2. The first-order valence-corrected chi connectivity index (χ1v) is 13.8. The van der Waals surface area contributed by atoms with Gasteiger partial charge in [0, 0.05) is 38.3 Å². The van der Waals surface area contributed by atoms with Crippen molar-refractivity contribution in [3.63, 3.8) is 0 Å². The molecule has 2 N–H and O–H groups in total. The molecular weight excluding hydrogens is 492 g/mol. The fraction of sp³-hybridized carbons (Fsp3) is 0.259. The van der Waals surface area contributed by atoms with Gasteiger partial charge in [0.25, 0.3) is 0 Å². The second-order valence-corrected chi connectivity index (χ2v) is 10.9. The van der Waals surface area contributed by atoms with E-state index in [-0.39, 0.29) is 22.0 Å². The van der Waals surface area contributed by atoms with Crippen LogP contribution in [0.1, 0.15) is 30.5 Å². The van der Waals surface area contributed by atoms with Gasteiger partial charge < -0.3 is 10.6 Å². The van der Waals surface area contributed by atoms with Crippen molar-refractivity contribution in [2.75, 3.05) is 31.5 Å². The number of hydrogen-bond acceptors (Lipinski definition) is 5. The van der Waals surface area contributed by atoms with Crippen molar-refractivity contribution in [3.05, 3.63) is 96.1 Å². The minimum Gasteiger partial charge on any atom is -0.332 e. The number of thiocarbonyl (C=S) groups is 1. The molecule has 1 aliphatic heterocycles. The van der Waals surface area contributed by atoms with Crippen LogP contribution in [0.15, 0.2) is 89.8 Å². The van der Waals surface area contributed by atoms with Gasteiger partial charge in [-0.15, -0.1) is 0 Å². The maximum atomic E-state index is 13.3. The van der Waals surface area contributed by atoms with Crippen molar-refractivity contribution in [1.82, 2.24) is 14.5 Å². The molecule has 1 amide bonds. The second-order valence-electron chi connectivity index (χ2n) is 8.54. The third kappa shape index (κ3) is 6.17. The smallest absolute Gasteiger partial charge is 0.243 e. The molecule has 0 atom stereocenters. The van der Waals surface area contributed by atoms with E-state index in [0.717, 1.165) is 0 Å². The predicted octanol–water partition coefficient (Wildman–Crippen LogP) is 4.01. The summed E-state index contributed by atoms with van der Waals surface area (Å²) >= 11 is 5.12. The van der Waals surface area contributed by atoms with Crippen molar-refractivity contribution < 1.29 is 13.2 Å². The summed E-state index contributed by atoms with van der Waals surface area (Å²) in [4.78, 5) is 14.0. The number of hydrogen-bond donors (Lipinski definition) is 2. The number of carbonyl (C=O) groups is 1. The zero-order valence-corrected chi connectivity index (χ0v) is 21.8. The largest absolute Gasteiger partial charge is 0.332 e. The topological polar surface area (TPSA) is 81.8 Å². The standard InChI is InChI=1S/C27H30N4O3S2/c1-2-25(32)29-27(35)28-23-13-15-24(16-14-23)36(33,34)31-19-17-30(18-20-31)26(21-9-5-3-6-10-21)22-11-7-4-8-12-22/h3-16,26H,2,17-20H2,1H3,(H2,28,29,32,35). The highest BCUT2D eigenvalue weighted by atomic mass is 32.2. The highest BCUT2D eigenvalue weighted by Crippen LogP contribution is 2.30. The summed E-state index contributed by atoms with van der Waals surface area (Å²) in [5.74, 6) is -0.187. The third-order valence-corrected chi connectivity index (χ3v) is 8.31. The van der Waals surface area contributed by atoms with E-state index in [9.17, 15) is 13.2 Å². The zero-order chi connectivity index (χ0) is 25.5. The molecule has 1 fully saturated rings. The summed E-state index contributed by atoms with van der Waals surface area (Å²) < 4.78 is 28.2. The first-order chi connectivity index (χ1) is 17.4. The van der Waals surface area contributed by atoms with Crippen LogP contribution in [0.5, 0.6) is 0 Å². The molecule has 4 rings (SSSR count). The Labute approximate surface area is 218 Å². The molecule has 0 unspecified atom stereocenters. The fourth-order valence-electron chi connectivity index (χ4n) is 4.32. The van der Waals surface area contributed by atoms with Crippen LogP contribution in [0.4, 0.5) is 5.69 Å². The number of carbonyl (C=O) groups excluding carboxylic acids is 1. The molecule has 1 saturated heterocycles. The molecular formula is C27H30N4O3S2. The van der Waals surface area contributed by atoms with E-state index in [4.69, 9.17) is 12.2 Å². The summed E-state index contributed by atoms with van der Waals surface area (Å²) in [7, 11) is -3.63. The van der Waals surface area contributed by atoms with Crippen LogP contribution in [-0.2, 0) is 14.8 Å². The number of piperazine rings is 1. The number of sulfonamides is 1. The average molecular weight is 523 g/mol. The lowest BCUT2D eigenvalue weighted by molar-refractivity contribution is -0.119. The van der Waals surface area contributed by atoms with Crippen LogP contribution in [0.3, 0.4) is 0 Å². The van der Waals surface area contributed by atoms with Crippen molar-refractivity contribution in [1.29, 1.82) is 0 Å². The van der Waals surface area contributed by atoms with Gasteiger partial charge in [0.2, 0.25) is 15.9 Å². The minimum absolute atomic E-state index is 0.0691. The van der Waals surface area contributed by atoms with Crippen molar-refractivity contribution in [2.24, 2.45) is 0 Å². The maximum Gasteiger partial charge on any atom is 0.243 e. The Balaban J connectivity index is 1.43. The van der Waals surface area contributed by atoms with Crippen LogP contribution >= 0.6 is 12.2 Å². The van der Waals surface area contributed by atoms with Crippen molar-refractivity contribution in [3.8, 4) is 0 Å². The molecule has 0 radical (unpaired) electrons. The number of nitrogens with one attached hydrogen (secondary N) is 2. The SMILES string of the molecule is CCC(=O)NC(=S)Nc1ccc(S(=O)(=O)N2CCN(C(c3ccccc3)c3ccccc3)CC2)cc1. The molecule has 9 heteroatoms. The number of amides is 1. The molecule has 0 saturated carbocycles. The number of rotatable bonds is 7. The maximum absolute atomic E-state index is 13.3. The first-order valence-electron chi connectivity index (χ1n) is 11.9. The summed E-state index contributed by atoms with van der Waals surface area (Å²) in [6.45, 7) is 3.80. The van der Waals surface area contributed by atoms with Gasteiger partial charge in [-0.1, -0.05) is 67.6 Å². The summed E-state index contributed by atoms with van der Waals surface area (Å²) in [6, 6.07) is 27.1. The van der Waals surface area contributed by atoms with E-state index in [1.165, 1.54) is 11.1 Å². The Morgan fingerprint density at radius 2 is 1.39 bits per heavy atom. The Bertz CT molecular complexity index is 1240. The van der Waals surface area contributed by atoms with Crippen molar-refractivity contribution >= 4 is 38.9 Å². The van der Waals surface area contributed by atoms with Gasteiger partial charge in [-0.25, -0.2) is 8.42 Å². The molecule has 0 bridgehead atoms. The van der Waals surface area contributed by atoms with E-state index in [1.807, 2.05) is 36.4 Å². The molecule has 3 aromatic rings.